The van der Waals surface area contributed by atoms with Gasteiger partial charge in [-0.2, -0.15) is 0 Å². The number of carboxylic acid groups (broad SMARTS) is 1. The number of benzene rings is 1. The van der Waals surface area contributed by atoms with Crippen LogP contribution < -0.4 is 21.7 Å². The van der Waals surface area contributed by atoms with Gasteiger partial charge in [-0.3, -0.25) is 14.4 Å². The average molecular weight is 530 g/mol. The van der Waals surface area contributed by atoms with Crippen LogP contribution >= 0.6 is 0 Å². The third kappa shape index (κ3) is 8.86. The van der Waals surface area contributed by atoms with Crippen LogP contribution in [-0.2, 0) is 25.6 Å². The molecule has 0 aliphatic heterocycles. The van der Waals surface area contributed by atoms with E-state index in [2.05, 4.69) is 20.9 Å². The van der Waals surface area contributed by atoms with E-state index in [1.807, 2.05) is 52.0 Å². The molecule has 1 heterocycles. The van der Waals surface area contributed by atoms with E-state index in [9.17, 15) is 24.3 Å². The summed E-state index contributed by atoms with van der Waals surface area (Å²) in [6, 6.07) is 3.77. The van der Waals surface area contributed by atoms with Crippen molar-refractivity contribution >= 4 is 34.6 Å². The molecule has 210 valence electrons. The number of aromatic nitrogens is 1. The Morgan fingerprint density at radius 1 is 0.842 bits per heavy atom. The van der Waals surface area contributed by atoms with Crippen molar-refractivity contribution in [3.63, 3.8) is 0 Å². The number of hydrogen-bond donors (Lipinski definition) is 6. The Morgan fingerprint density at radius 2 is 1.45 bits per heavy atom. The lowest BCUT2D eigenvalue weighted by atomic mass is 9.98. The molecule has 4 unspecified atom stereocenters. The third-order valence-electron chi connectivity index (χ3n) is 6.36. The molecule has 3 amide bonds. The van der Waals surface area contributed by atoms with Crippen LogP contribution in [0.3, 0.4) is 0 Å². The maximum absolute atomic E-state index is 13.5. The number of H-pyrrole nitrogens is 1. The van der Waals surface area contributed by atoms with E-state index in [0.29, 0.717) is 6.42 Å². The minimum Gasteiger partial charge on any atom is -0.480 e. The van der Waals surface area contributed by atoms with Crippen molar-refractivity contribution in [3.8, 4) is 0 Å². The number of para-hydroxylation sites is 1. The Hall–Kier alpha value is -3.40. The zero-order valence-corrected chi connectivity index (χ0v) is 23.2. The molecule has 0 aliphatic carbocycles. The Kier molecular flexibility index (Phi) is 11.3. The Morgan fingerprint density at radius 3 is 2.03 bits per heavy atom. The number of carbonyl (C=O) groups excluding carboxylic acids is 3. The topological polar surface area (TPSA) is 166 Å². The Labute approximate surface area is 224 Å². The number of carboxylic acids is 1. The lowest BCUT2D eigenvalue weighted by molar-refractivity contribution is -0.143. The monoisotopic (exact) mass is 529 g/mol. The van der Waals surface area contributed by atoms with Gasteiger partial charge in [0.2, 0.25) is 17.7 Å². The minimum absolute atomic E-state index is 0.0503. The maximum atomic E-state index is 13.5. The van der Waals surface area contributed by atoms with Crippen molar-refractivity contribution < 1.29 is 24.3 Å². The largest absolute Gasteiger partial charge is 0.480 e. The first-order valence-electron chi connectivity index (χ1n) is 13.2. The van der Waals surface area contributed by atoms with Gasteiger partial charge in [0.1, 0.15) is 18.1 Å². The summed E-state index contributed by atoms with van der Waals surface area (Å²) in [5.41, 5.74) is 7.80. The molecule has 10 heteroatoms. The van der Waals surface area contributed by atoms with E-state index in [1.54, 1.807) is 20.0 Å². The van der Waals surface area contributed by atoms with Gasteiger partial charge in [-0.05, 0) is 42.2 Å². The number of hydrogen-bond acceptors (Lipinski definition) is 5. The average Bonchev–Trinajstić information content (AvgIpc) is 3.23. The van der Waals surface area contributed by atoms with Gasteiger partial charge in [-0.15, -0.1) is 0 Å². The highest BCUT2D eigenvalue weighted by Crippen LogP contribution is 2.19. The first-order valence-corrected chi connectivity index (χ1v) is 13.2. The van der Waals surface area contributed by atoms with E-state index in [0.717, 1.165) is 16.5 Å². The maximum Gasteiger partial charge on any atom is 0.326 e. The number of carbonyl (C=O) groups is 4. The zero-order valence-electron chi connectivity index (χ0n) is 23.2. The summed E-state index contributed by atoms with van der Waals surface area (Å²) < 4.78 is 0. The van der Waals surface area contributed by atoms with Crippen molar-refractivity contribution in [2.45, 2.75) is 85.0 Å². The summed E-state index contributed by atoms with van der Waals surface area (Å²) in [6.45, 7) is 11.2. The van der Waals surface area contributed by atoms with E-state index in [1.165, 1.54) is 0 Å². The number of fused-ring (bicyclic) bond motifs is 1. The lowest BCUT2D eigenvalue weighted by Crippen LogP contribution is -2.59. The summed E-state index contributed by atoms with van der Waals surface area (Å²) in [7, 11) is 0. The van der Waals surface area contributed by atoms with Gasteiger partial charge in [0.05, 0.1) is 6.04 Å². The number of nitrogens with two attached hydrogens (primary N) is 1. The van der Waals surface area contributed by atoms with Crippen LogP contribution in [0.2, 0.25) is 0 Å². The molecule has 0 aliphatic rings. The van der Waals surface area contributed by atoms with Gasteiger partial charge in [0, 0.05) is 23.5 Å². The molecule has 4 atom stereocenters. The zero-order chi connectivity index (χ0) is 28.6. The quantitative estimate of drug-likeness (QED) is 0.220. The lowest BCUT2D eigenvalue weighted by Gasteiger charge is -2.27. The second kappa shape index (κ2) is 13.9. The van der Waals surface area contributed by atoms with Gasteiger partial charge in [0.25, 0.3) is 0 Å². The summed E-state index contributed by atoms with van der Waals surface area (Å²) >= 11 is 0. The van der Waals surface area contributed by atoms with E-state index < -0.39 is 47.9 Å². The molecular formula is C28H43N5O5. The van der Waals surface area contributed by atoms with Crippen molar-refractivity contribution in [3.05, 3.63) is 36.0 Å². The predicted octanol–water partition coefficient (Wildman–Crippen LogP) is 2.32. The van der Waals surface area contributed by atoms with Crippen molar-refractivity contribution in [2.24, 2.45) is 23.5 Å². The molecule has 1 aromatic carbocycles. The Bertz CT molecular complexity index is 1110. The molecule has 0 spiro atoms. The SMILES string of the molecule is CC(C)CC(N)C(=O)NC(Cc1c[nH]c2ccccc12)C(=O)NC(C(=O)NC(CC(C)C)C(=O)O)C(C)C. The highest BCUT2D eigenvalue weighted by molar-refractivity contribution is 5.95. The molecule has 0 fully saturated rings. The molecule has 10 nitrogen and oxygen atoms in total. The number of nitrogens with one attached hydrogen (secondary N) is 4. The van der Waals surface area contributed by atoms with Gasteiger partial charge < -0.3 is 31.8 Å². The summed E-state index contributed by atoms with van der Waals surface area (Å²) in [5.74, 6) is -2.82. The minimum atomic E-state index is -1.13. The molecule has 2 rings (SSSR count). The fourth-order valence-electron chi connectivity index (χ4n) is 4.37. The second-order valence-electron chi connectivity index (χ2n) is 11.1. The highest BCUT2D eigenvalue weighted by atomic mass is 16.4. The molecule has 0 radical (unpaired) electrons. The molecule has 0 bridgehead atoms. The van der Waals surface area contributed by atoms with E-state index >= 15 is 0 Å². The molecule has 7 N–H and O–H groups in total. The molecule has 38 heavy (non-hydrogen) atoms. The Balaban J connectivity index is 2.28. The van der Waals surface area contributed by atoms with Crippen molar-refractivity contribution in [2.75, 3.05) is 0 Å². The van der Waals surface area contributed by atoms with Crippen LogP contribution in [0.1, 0.15) is 59.9 Å². The van der Waals surface area contributed by atoms with Crippen LogP contribution in [0.25, 0.3) is 10.9 Å². The number of aliphatic carboxylic acids is 1. The van der Waals surface area contributed by atoms with Crippen LogP contribution in [0.15, 0.2) is 30.5 Å². The highest BCUT2D eigenvalue weighted by Gasteiger charge is 2.32. The summed E-state index contributed by atoms with van der Waals surface area (Å²) in [5, 5.41) is 18.5. The van der Waals surface area contributed by atoms with Crippen molar-refractivity contribution in [1.29, 1.82) is 0 Å². The van der Waals surface area contributed by atoms with E-state index in [4.69, 9.17) is 5.73 Å². The van der Waals surface area contributed by atoms with Crippen LogP contribution in [0.4, 0.5) is 0 Å². The standard InChI is InChI=1S/C28H43N5O5/c1-15(2)11-20(29)25(34)31-22(13-18-14-30-21-10-8-7-9-19(18)21)26(35)33-24(17(5)6)27(36)32-23(28(37)38)12-16(3)4/h7-10,14-17,20,22-24,30H,11-13,29H2,1-6H3,(H,31,34)(H,32,36)(H,33,35)(H,37,38). The second-order valence-corrected chi connectivity index (χ2v) is 11.1. The predicted molar refractivity (Wildman–Crippen MR) is 147 cm³/mol. The van der Waals surface area contributed by atoms with E-state index in [-0.39, 0.29) is 30.6 Å². The van der Waals surface area contributed by atoms with Crippen LogP contribution in [0.5, 0.6) is 0 Å². The van der Waals surface area contributed by atoms with Gasteiger partial charge >= 0.3 is 5.97 Å². The molecule has 0 saturated carbocycles. The number of amides is 3. The molecule has 0 saturated heterocycles. The third-order valence-corrected chi connectivity index (χ3v) is 6.36. The van der Waals surface area contributed by atoms with Gasteiger partial charge in [0.15, 0.2) is 0 Å². The number of aromatic amines is 1. The molecular weight excluding hydrogens is 486 g/mol. The molecule has 1 aromatic heterocycles. The van der Waals surface area contributed by atoms with Gasteiger partial charge in [-0.1, -0.05) is 59.7 Å². The summed E-state index contributed by atoms with van der Waals surface area (Å²) in [4.78, 5) is 54.4. The number of rotatable bonds is 14. The fraction of sp³-hybridized carbons (Fsp3) is 0.571. The van der Waals surface area contributed by atoms with Gasteiger partial charge in [-0.25, -0.2) is 4.79 Å². The summed E-state index contributed by atoms with van der Waals surface area (Å²) in [6.07, 6.45) is 2.68. The molecule has 2 aromatic rings. The first kappa shape index (κ1) is 30.8. The smallest absolute Gasteiger partial charge is 0.326 e. The van der Waals surface area contributed by atoms with Crippen molar-refractivity contribution in [1.82, 2.24) is 20.9 Å². The van der Waals surface area contributed by atoms with Crippen LogP contribution in [0, 0.1) is 17.8 Å². The normalized spacial score (nSPS) is 14.8. The fourth-order valence-corrected chi connectivity index (χ4v) is 4.37. The van der Waals surface area contributed by atoms with Crippen LogP contribution in [-0.4, -0.2) is 57.9 Å². The first-order chi connectivity index (χ1) is 17.8.